The van der Waals surface area contributed by atoms with Crippen molar-refractivity contribution in [2.45, 2.75) is 6.54 Å². The van der Waals surface area contributed by atoms with Gasteiger partial charge >= 0.3 is 0 Å². The molecule has 0 unspecified atom stereocenters. The number of carbonyl (C=O) groups excluding carboxylic acids is 1. The summed E-state index contributed by atoms with van der Waals surface area (Å²) in [6, 6.07) is 11.1. The molecule has 0 atom stereocenters. The van der Waals surface area contributed by atoms with Crippen LogP contribution in [0.3, 0.4) is 0 Å². The van der Waals surface area contributed by atoms with Gasteiger partial charge in [0.2, 0.25) is 0 Å². The van der Waals surface area contributed by atoms with E-state index >= 15 is 0 Å². The highest BCUT2D eigenvalue weighted by Crippen LogP contribution is 2.12. The van der Waals surface area contributed by atoms with Gasteiger partial charge in [0.25, 0.3) is 5.91 Å². The Morgan fingerprint density at radius 3 is 2.90 bits per heavy atom. The molecule has 3 aromatic rings. The lowest BCUT2D eigenvalue weighted by molar-refractivity contribution is 0.102. The van der Waals surface area contributed by atoms with Crippen molar-refractivity contribution in [3.8, 4) is 0 Å². The number of amides is 1. The van der Waals surface area contributed by atoms with Gasteiger partial charge in [-0.05, 0) is 29.8 Å². The molecule has 3 rings (SSSR count). The van der Waals surface area contributed by atoms with Gasteiger partial charge in [-0.2, -0.15) is 5.10 Å². The molecule has 2 aromatic heterocycles. The van der Waals surface area contributed by atoms with Gasteiger partial charge in [-0.25, -0.2) is 9.97 Å². The number of rotatable bonds is 4. The Hall–Kier alpha value is -3.02. The summed E-state index contributed by atoms with van der Waals surface area (Å²) in [5.41, 5.74) is 2.12. The van der Waals surface area contributed by atoms with Crippen LogP contribution < -0.4 is 5.32 Å². The van der Waals surface area contributed by atoms with Crippen molar-refractivity contribution in [1.29, 1.82) is 0 Å². The van der Waals surface area contributed by atoms with E-state index in [-0.39, 0.29) is 5.91 Å². The Morgan fingerprint density at radius 1 is 1.19 bits per heavy atom. The van der Waals surface area contributed by atoms with Gasteiger partial charge in [0.1, 0.15) is 12.0 Å². The average Bonchev–Trinajstić information content (AvgIpc) is 3.01. The van der Waals surface area contributed by atoms with E-state index in [0.29, 0.717) is 12.2 Å². The normalized spacial score (nSPS) is 10.3. The molecule has 0 bridgehead atoms. The second-order valence-corrected chi connectivity index (χ2v) is 4.45. The van der Waals surface area contributed by atoms with Crippen molar-refractivity contribution in [3.63, 3.8) is 0 Å². The lowest BCUT2D eigenvalue weighted by Crippen LogP contribution is -2.13. The van der Waals surface area contributed by atoms with Crippen LogP contribution in [0.2, 0.25) is 0 Å². The van der Waals surface area contributed by atoms with Crippen molar-refractivity contribution >= 4 is 11.6 Å². The third kappa shape index (κ3) is 3.30. The number of anilines is 1. The third-order valence-corrected chi connectivity index (χ3v) is 2.90. The molecule has 1 amide bonds. The van der Waals surface area contributed by atoms with E-state index in [1.165, 1.54) is 12.5 Å². The minimum Gasteiger partial charge on any atom is -0.321 e. The molecule has 0 saturated heterocycles. The first-order chi connectivity index (χ1) is 10.3. The molecule has 6 nitrogen and oxygen atoms in total. The van der Waals surface area contributed by atoms with E-state index < -0.39 is 0 Å². The lowest BCUT2D eigenvalue weighted by atomic mass is 10.2. The Bertz CT molecular complexity index is 725. The summed E-state index contributed by atoms with van der Waals surface area (Å²) >= 11 is 0. The Kier molecular flexibility index (Phi) is 3.68. The maximum absolute atomic E-state index is 12.0. The maximum Gasteiger partial charge on any atom is 0.274 e. The van der Waals surface area contributed by atoms with Gasteiger partial charge < -0.3 is 5.32 Å². The number of nitrogens with one attached hydrogen (secondary N) is 1. The molecular weight excluding hydrogens is 266 g/mol. The summed E-state index contributed by atoms with van der Waals surface area (Å²) in [5.74, 6) is -0.256. The summed E-state index contributed by atoms with van der Waals surface area (Å²) < 4.78 is 1.82. The molecule has 6 heteroatoms. The predicted molar refractivity (Wildman–Crippen MR) is 77.8 cm³/mol. The zero-order valence-electron chi connectivity index (χ0n) is 11.2. The first-order valence-electron chi connectivity index (χ1n) is 6.45. The SMILES string of the molecule is O=C(Nc1cccc(Cn2cccn2)c1)c1ccncn1. The van der Waals surface area contributed by atoms with Gasteiger partial charge in [0, 0.05) is 24.3 Å². The monoisotopic (exact) mass is 279 g/mol. The minimum absolute atomic E-state index is 0.256. The molecule has 2 heterocycles. The summed E-state index contributed by atoms with van der Waals surface area (Å²) in [6.45, 7) is 0.657. The van der Waals surface area contributed by atoms with Crippen LogP contribution in [0.4, 0.5) is 5.69 Å². The highest BCUT2D eigenvalue weighted by atomic mass is 16.1. The molecule has 0 aliphatic rings. The third-order valence-electron chi connectivity index (χ3n) is 2.90. The van der Waals surface area contributed by atoms with E-state index in [1.807, 2.05) is 41.2 Å². The van der Waals surface area contributed by atoms with Crippen molar-refractivity contribution in [2.24, 2.45) is 0 Å². The van der Waals surface area contributed by atoms with Crippen LogP contribution >= 0.6 is 0 Å². The van der Waals surface area contributed by atoms with Crippen molar-refractivity contribution in [3.05, 3.63) is 72.6 Å². The number of hydrogen-bond acceptors (Lipinski definition) is 4. The quantitative estimate of drug-likeness (QED) is 0.792. The Morgan fingerprint density at radius 2 is 2.14 bits per heavy atom. The lowest BCUT2D eigenvalue weighted by Gasteiger charge is -2.07. The topological polar surface area (TPSA) is 72.7 Å². The molecule has 1 aromatic carbocycles. The fourth-order valence-electron chi connectivity index (χ4n) is 1.95. The molecule has 21 heavy (non-hydrogen) atoms. The van der Waals surface area contributed by atoms with E-state index in [4.69, 9.17) is 0 Å². The molecular formula is C15H13N5O. The van der Waals surface area contributed by atoms with Crippen LogP contribution in [0, 0.1) is 0 Å². The van der Waals surface area contributed by atoms with Crippen molar-refractivity contribution < 1.29 is 4.79 Å². The summed E-state index contributed by atoms with van der Waals surface area (Å²) in [6.07, 6.45) is 6.52. The van der Waals surface area contributed by atoms with Crippen LogP contribution in [-0.2, 0) is 6.54 Å². The number of benzene rings is 1. The summed E-state index contributed by atoms with van der Waals surface area (Å²) in [4.78, 5) is 19.7. The first kappa shape index (κ1) is 13.0. The van der Waals surface area contributed by atoms with Crippen LogP contribution in [-0.4, -0.2) is 25.7 Å². The molecule has 0 fully saturated rings. The van der Waals surface area contributed by atoms with Crippen molar-refractivity contribution in [1.82, 2.24) is 19.7 Å². The Labute approximate surface area is 121 Å². The van der Waals surface area contributed by atoms with Crippen LogP contribution in [0.25, 0.3) is 0 Å². The largest absolute Gasteiger partial charge is 0.321 e. The second-order valence-electron chi connectivity index (χ2n) is 4.45. The van der Waals surface area contributed by atoms with E-state index in [1.54, 1.807) is 12.3 Å². The molecule has 0 radical (unpaired) electrons. The second kappa shape index (κ2) is 5.96. The molecule has 0 spiro atoms. The summed E-state index contributed by atoms with van der Waals surface area (Å²) in [7, 11) is 0. The van der Waals surface area contributed by atoms with Crippen LogP contribution in [0.15, 0.2) is 61.3 Å². The Balaban J connectivity index is 1.73. The average molecular weight is 279 g/mol. The van der Waals surface area contributed by atoms with E-state index in [2.05, 4.69) is 20.4 Å². The zero-order chi connectivity index (χ0) is 14.5. The zero-order valence-corrected chi connectivity index (χ0v) is 11.2. The van der Waals surface area contributed by atoms with Gasteiger partial charge in [0.05, 0.1) is 6.54 Å². The number of nitrogens with zero attached hydrogens (tertiary/aromatic N) is 4. The predicted octanol–water partition coefficient (Wildman–Crippen LogP) is 1.97. The number of hydrogen-bond donors (Lipinski definition) is 1. The number of aromatic nitrogens is 4. The van der Waals surface area contributed by atoms with Gasteiger partial charge in [-0.1, -0.05) is 12.1 Å². The molecule has 0 aliphatic carbocycles. The highest BCUT2D eigenvalue weighted by molar-refractivity contribution is 6.02. The molecule has 104 valence electrons. The molecule has 1 N–H and O–H groups in total. The highest BCUT2D eigenvalue weighted by Gasteiger charge is 2.07. The van der Waals surface area contributed by atoms with Crippen LogP contribution in [0.5, 0.6) is 0 Å². The van der Waals surface area contributed by atoms with Gasteiger partial charge in [-0.3, -0.25) is 9.48 Å². The van der Waals surface area contributed by atoms with Crippen molar-refractivity contribution in [2.75, 3.05) is 5.32 Å². The van der Waals surface area contributed by atoms with E-state index in [9.17, 15) is 4.79 Å². The van der Waals surface area contributed by atoms with Crippen LogP contribution in [0.1, 0.15) is 16.1 Å². The van der Waals surface area contributed by atoms with Gasteiger partial charge in [-0.15, -0.1) is 0 Å². The fourth-order valence-corrected chi connectivity index (χ4v) is 1.95. The maximum atomic E-state index is 12.0. The summed E-state index contributed by atoms with van der Waals surface area (Å²) in [5, 5.41) is 6.98. The van der Waals surface area contributed by atoms with E-state index in [0.717, 1.165) is 11.3 Å². The molecule has 0 aliphatic heterocycles. The number of carbonyl (C=O) groups is 1. The standard InChI is InChI=1S/C15H13N5O/c21-15(14-5-7-16-11-17-14)19-13-4-1-3-12(9-13)10-20-8-2-6-18-20/h1-9,11H,10H2,(H,19,21). The molecule has 0 saturated carbocycles. The smallest absolute Gasteiger partial charge is 0.274 e. The first-order valence-corrected chi connectivity index (χ1v) is 6.45. The van der Waals surface area contributed by atoms with Gasteiger partial charge in [0.15, 0.2) is 0 Å². The minimum atomic E-state index is -0.256. The fraction of sp³-hybridized carbons (Fsp3) is 0.0667.